The summed E-state index contributed by atoms with van der Waals surface area (Å²) in [6, 6.07) is 7.12. The fourth-order valence-corrected chi connectivity index (χ4v) is 3.49. The second-order valence-corrected chi connectivity index (χ2v) is 6.64. The Morgan fingerprint density at radius 3 is 2.70 bits per heavy atom. The number of carbonyl (C=O) groups excluding carboxylic acids is 1. The molecule has 0 spiro atoms. The summed E-state index contributed by atoms with van der Waals surface area (Å²) in [5.41, 5.74) is 1.75. The first-order chi connectivity index (χ1) is 12.8. The Morgan fingerprint density at radius 1 is 1.30 bits per heavy atom. The van der Waals surface area contributed by atoms with Crippen molar-refractivity contribution >= 4 is 22.6 Å². The Hall–Kier alpha value is -2.35. The number of anilines is 1. The Balaban J connectivity index is 1.96. The second-order valence-electron chi connectivity index (χ2n) is 6.64. The molecule has 1 fully saturated rings. The van der Waals surface area contributed by atoms with Crippen LogP contribution < -0.4 is 4.90 Å². The van der Waals surface area contributed by atoms with Gasteiger partial charge in [-0.3, -0.25) is 9.88 Å². The van der Waals surface area contributed by atoms with E-state index in [1.165, 1.54) is 11.1 Å². The van der Waals surface area contributed by atoms with Gasteiger partial charge in [0, 0.05) is 37.3 Å². The van der Waals surface area contributed by atoms with Crippen LogP contribution in [0, 0.1) is 0 Å². The summed E-state index contributed by atoms with van der Waals surface area (Å²) >= 11 is 0. The summed E-state index contributed by atoms with van der Waals surface area (Å²) in [5.74, 6) is -0.476. The molecule has 1 atom stereocenters. The molecular weight excluding hydrogens is 359 g/mol. The average Bonchev–Trinajstić information content (AvgIpc) is 2.61. The number of halogens is 3. The summed E-state index contributed by atoms with van der Waals surface area (Å²) < 4.78 is 43.5. The van der Waals surface area contributed by atoms with E-state index >= 15 is 0 Å². The molecule has 1 unspecified atom stereocenters. The maximum absolute atomic E-state index is 12.8. The molecule has 1 saturated heterocycles. The number of benzene rings is 1. The van der Waals surface area contributed by atoms with Gasteiger partial charge in [0.2, 0.25) is 0 Å². The normalized spacial score (nSPS) is 18.7. The van der Waals surface area contributed by atoms with Gasteiger partial charge in [-0.2, -0.15) is 13.2 Å². The molecule has 1 aromatic heterocycles. The van der Waals surface area contributed by atoms with Crippen molar-refractivity contribution < 1.29 is 22.7 Å². The Bertz CT molecular complexity index is 825. The minimum absolute atomic E-state index is 0.237. The van der Waals surface area contributed by atoms with Gasteiger partial charge in [0.15, 0.2) is 0 Å². The fourth-order valence-electron chi connectivity index (χ4n) is 3.49. The number of rotatable bonds is 4. The Labute approximate surface area is 155 Å². The molecule has 0 aliphatic carbocycles. The highest BCUT2D eigenvalue weighted by molar-refractivity contribution is 6.05. The quantitative estimate of drug-likeness (QED) is 0.759. The zero-order valence-corrected chi connectivity index (χ0v) is 15.3. The number of pyridine rings is 1. The van der Waals surface area contributed by atoms with E-state index < -0.39 is 18.7 Å². The van der Waals surface area contributed by atoms with Crippen LogP contribution in [0.25, 0.3) is 10.9 Å². The van der Waals surface area contributed by atoms with Crippen LogP contribution in [0.2, 0.25) is 0 Å². The van der Waals surface area contributed by atoms with Crippen molar-refractivity contribution in [3.05, 3.63) is 36.0 Å². The van der Waals surface area contributed by atoms with E-state index in [0.717, 1.165) is 10.9 Å². The monoisotopic (exact) mass is 381 g/mol. The predicted octanol–water partition coefficient (Wildman–Crippen LogP) is 3.48. The summed E-state index contributed by atoms with van der Waals surface area (Å²) in [6.45, 7) is 3.84. The van der Waals surface area contributed by atoms with Crippen molar-refractivity contribution in [2.45, 2.75) is 26.1 Å². The highest BCUT2D eigenvalue weighted by atomic mass is 19.4. The number of carbonyl (C=O) groups is 1. The lowest BCUT2D eigenvalue weighted by Gasteiger charge is -2.41. The summed E-state index contributed by atoms with van der Waals surface area (Å²) in [7, 11) is 0. The predicted molar refractivity (Wildman–Crippen MR) is 97.0 cm³/mol. The van der Waals surface area contributed by atoms with Crippen molar-refractivity contribution in [2.75, 3.05) is 37.7 Å². The summed E-state index contributed by atoms with van der Waals surface area (Å²) in [6.07, 6.45) is -2.74. The molecule has 146 valence electrons. The maximum Gasteiger partial charge on any atom is 0.401 e. The molecule has 2 heterocycles. The lowest BCUT2D eigenvalue weighted by Crippen LogP contribution is -2.54. The number of nitrogens with zero attached hydrogens (tertiary/aromatic N) is 3. The van der Waals surface area contributed by atoms with Crippen LogP contribution in [-0.2, 0) is 4.74 Å². The first-order valence-corrected chi connectivity index (χ1v) is 8.90. The number of esters is 1. The molecule has 0 bridgehead atoms. The van der Waals surface area contributed by atoms with E-state index in [0.29, 0.717) is 24.3 Å². The molecule has 27 heavy (non-hydrogen) atoms. The number of aromatic nitrogens is 1. The van der Waals surface area contributed by atoms with Crippen LogP contribution >= 0.6 is 0 Å². The van der Waals surface area contributed by atoms with Gasteiger partial charge in [-0.1, -0.05) is 18.2 Å². The van der Waals surface area contributed by atoms with Crippen LogP contribution in [-0.4, -0.2) is 60.9 Å². The number of alkyl halides is 3. The SMILES string of the molecule is CCOC(=O)c1cnc2ccccc2c1N1CCN(CC(F)(F)F)C(C)C1. The highest BCUT2D eigenvalue weighted by Crippen LogP contribution is 2.32. The maximum atomic E-state index is 12.8. The van der Waals surface area contributed by atoms with Gasteiger partial charge in [-0.15, -0.1) is 0 Å². The Morgan fingerprint density at radius 2 is 2.04 bits per heavy atom. The van der Waals surface area contributed by atoms with Gasteiger partial charge in [-0.05, 0) is 19.9 Å². The standard InChI is InChI=1S/C19H22F3N3O2/c1-3-27-18(26)15-10-23-16-7-5-4-6-14(16)17(15)24-8-9-25(13(2)11-24)12-19(20,21)22/h4-7,10,13H,3,8-9,11-12H2,1-2H3. The van der Waals surface area contributed by atoms with E-state index in [1.807, 2.05) is 29.2 Å². The molecule has 3 rings (SSSR count). The Kier molecular flexibility index (Phi) is 5.55. The first-order valence-electron chi connectivity index (χ1n) is 8.90. The van der Waals surface area contributed by atoms with E-state index in [1.54, 1.807) is 13.8 Å². The van der Waals surface area contributed by atoms with Gasteiger partial charge in [0.25, 0.3) is 0 Å². The lowest BCUT2D eigenvalue weighted by molar-refractivity contribution is -0.150. The van der Waals surface area contributed by atoms with E-state index in [-0.39, 0.29) is 19.2 Å². The van der Waals surface area contributed by atoms with E-state index in [2.05, 4.69) is 4.98 Å². The van der Waals surface area contributed by atoms with Crippen molar-refractivity contribution in [1.29, 1.82) is 0 Å². The van der Waals surface area contributed by atoms with Crippen molar-refractivity contribution in [3.8, 4) is 0 Å². The van der Waals surface area contributed by atoms with Crippen LogP contribution in [0.1, 0.15) is 24.2 Å². The van der Waals surface area contributed by atoms with E-state index in [9.17, 15) is 18.0 Å². The van der Waals surface area contributed by atoms with Gasteiger partial charge in [0.1, 0.15) is 5.56 Å². The number of ether oxygens (including phenoxy) is 1. The number of piperazine rings is 1. The number of para-hydroxylation sites is 1. The molecule has 1 aliphatic heterocycles. The summed E-state index contributed by atoms with van der Waals surface area (Å²) in [5, 5.41) is 0.791. The lowest BCUT2D eigenvalue weighted by atomic mass is 10.1. The topological polar surface area (TPSA) is 45.7 Å². The summed E-state index contributed by atoms with van der Waals surface area (Å²) in [4.78, 5) is 20.2. The zero-order valence-electron chi connectivity index (χ0n) is 15.3. The van der Waals surface area contributed by atoms with Crippen molar-refractivity contribution in [2.24, 2.45) is 0 Å². The zero-order chi connectivity index (χ0) is 19.6. The number of hydrogen-bond acceptors (Lipinski definition) is 5. The molecule has 8 heteroatoms. The van der Waals surface area contributed by atoms with Crippen LogP contribution in [0.3, 0.4) is 0 Å². The largest absolute Gasteiger partial charge is 0.462 e. The number of hydrogen-bond donors (Lipinski definition) is 0. The molecule has 2 aromatic rings. The van der Waals surface area contributed by atoms with Gasteiger partial charge >= 0.3 is 12.1 Å². The number of fused-ring (bicyclic) bond motifs is 1. The first kappa shape index (κ1) is 19.4. The molecule has 1 aromatic carbocycles. The minimum atomic E-state index is -4.23. The third-order valence-electron chi connectivity index (χ3n) is 4.71. The molecule has 5 nitrogen and oxygen atoms in total. The fraction of sp³-hybridized carbons (Fsp3) is 0.474. The molecule has 0 amide bonds. The molecule has 0 radical (unpaired) electrons. The van der Waals surface area contributed by atoms with Crippen molar-refractivity contribution in [3.63, 3.8) is 0 Å². The van der Waals surface area contributed by atoms with Crippen LogP contribution in [0.15, 0.2) is 30.5 Å². The van der Waals surface area contributed by atoms with Crippen LogP contribution in [0.4, 0.5) is 18.9 Å². The second kappa shape index (κ2) is 7.72. The van der Waals surface area contributed by atoms with Gasteiger partial charge in [-0.25, -0.2) is 4.79 Å². The van der Waals surface area contributed by atoms with Gasteiger partial charge in [0.05, 0.1) is 24.4 Å². The molecule has 1 aliphatic rings. The van der Waals surface area contributed by atoms with E-state index in [4.69, 9.17) is 4.74 Å². The molecule has 0 N–H and O–H groups in total. The molecular formula is C19H22F3N3O2. The molecule has 0 saturated carbocycles. The van der Waals surface area contributed by atoms with Crippen molar-refractivity contribution in [1.82, 2.24) is 9.88 Å². The highest BCUT2D eigenvalue weighted by Gasteiger charge is 2.36. The van der Waals surface area contributed by atoms with Gasteiger partial charge < -0.3 is 9.64 Å². The third-order valence-corrected chi connectivity index (χ3v) is 4.71. The third kappa shape index (κ3) is 4.32. The smallest absolute Gasteiger partial charge is 0.401 e. The minimum Gasteiger partial charge on any atom is -0.462 e. The van der Waals surface area contributed by atoms with Crippen LogP contribution in [0.5, 0.6) is 0 Å². The average molecular weight is 381 g/mol.